The normalized spacial score (nSPS) is 12.4. The van der Waals surface area contributed by atoms with Crippen LogP contribution in [0.4, 0.5) is 0 Å². The highest BCUT2D eigenvalue weighted by molar-refractivity contribution is 5.39. The molecule has 0 aliphatic rings. The fraction of sp³-hybridized carbons (Fsp3) is 0.357. The average molecular weight is 245 g/mol. The van der Waals surface area contributed by atoms with Gasteiger partial charge >= 0.3 is 0 Å². The highest BCUT2D eigenvalue weighted by atomic mass is 16.5. The highest BCUT2D eigenvalue weighted by Gasteiger charge is 2.13. The summed E-state index contributed by atoms with van der Waals surface area (Å²) in [5, 5.41) is 4.15. The Morgan fingerprint density at radius 3 is 2.83 bits per heavy atom. The summed E-state index contributed by atoms with van der Waals surface area (Å²) in [6, 6.07) is 6.03. The predicted octanol–water partition coefficient (Wildman–Crippen LogP) is 1.98. The van der Waals surface area contributed by atoms with Crippen LogP contribution in [-0.4, -0.2) is 16.9 Å². The number of nitrogens with two attached hydrogens (primary N) is 1. The number of aromatic nitrogens is 2. The second-order valence-electron chi connectivity index (χ2n) is 4.58. The fourth-order valence-electron chi connectivity index (χ4n) is 2.07. The number of benzene rings is 1. The Hall–Kier alpha value is -1.81. The fourth-order valence-corrected chi connectivity index (χ4v) is 2.07. The van der Waals surface area contributed by atoms with Gasteiger partial charge in [-0.25, -0.2) is 0 Å². The number of nitrogens with zero attached hydrogens (tertiary/aromatic N) is 2. The molecule has 2 aromatic rings. The van der Waals surface area contributed by atoms with Crippen LogP contribution in [-0.2, 0) is 13.5 Å². The Morgan fingerprint density at radius 2 is 2.22 bits per heavy atom. The summed E-state index contributed by atoms with van der Waals surface area (Å²) in [6.07, 6.45) is 4.59. The van der Waals surface area contributed by atoms with E-state index in [1.54, 1.807) is 11.8 Å². The Balaban J connectivity index is 2.20. The lowest BCUT2D eigenvalue weighted by molar-refractivity contribution is 0.405. The van der Waals surface area contributed by atoms with E-state index in [1.807, 2.05) is 38.5 Å². The molecule has 1 heterocycles. The van der Waals surface area contributed by atoms with E-state index in [0.29, 0.717) is 0 Å². The van der Waals surface area contributed by atoms with Crippen LogP contribution in [0, 0.1) is 6.92 Å². The van der Waals surface area contributed by atoms with E-state index in [2.05, 4.69) is 11.2 Å². The summed E-state index contributed by atoms with van der Waals surface area (Å²) in [6.45, 7) is 2.04. The molecule has 2 rings (SSSR count). The van der Waals surface area contributed by atoms with E-state index >= 15 is 0 Å². The van der Waals surface area contributed by atoms with Gasteiger partial charge in [-0.15, -0.1) is 0 Å². The van der Waals surface area contributed by atoms with Crippen LogP contribution in [0.5, 0.6) is 5.75 Å². The first kappa shape index (κ1) is 12.6. The van der Waals surface area contributed by atoms with Crippen molar-refractivity contribution in [2.75, 3.05) is 7.11 Å². The van der Waals surface area contributed by atoms with Crippen LogP contribution in [0.1, 0.15) is 22.7 Å². The number of rotatable bonds is 4. The third kappa shape index (κ3) is 2.71. The standard InChI is InChI=1S/C14H19N3O/c1-10-4-5-12(14(6-10)18-3)13(15)7-11-8-16-17(2)9-11/h4-6,8-9,13H,7,15H2,1-3H3. The minimum atomic E-state index is -0.0789. The maximum Gasteiger partial charge on any atom is 0.123 e. The van der Waals surface area contributed by atoms with Gasteiger partial charge in [-0.2, -0.15) is 5.10 Å². The Bertz CT molecular complexity index is 534. The van der Waals surface area contributed by atoms with E-state index in [1.165, 1.54) is 5.56 Å². The van der Waals surface area contributed by atoms with Gasteiger partial charge in [0.05, 0.1) is 13.3 Å². The van der Waals surface area contributed by atoms with Gasteiger partial charge in [-0.1, -0.05) is 12.1 Å². The smallest absolute Gasteiger partial charge is 0.123 e. The lowest BCUT2D eigenvalue weighted by atomic mass is 9.99. The van der Waals surface area contributed by atoms with Crippen LogP contribution < -0.4 is 10.5 Å². The molecule has 1 atom stereocenters. The van der Waals surface area contributed by atoms with Gasteiger partial charge < -0.3 is 10.5 Å². The second kappa shape index (κ2) is 5.23. The van der Waals surface area contributed by atoms with Crippen LogP contribution >= 0.6 is 0 Å². The Labute approximate surface area is 107 Å². The molecule has 1 aromatic carbocycles. The number of ether oxygens (including phenoxy) is 1. The van der Waals surface area contributed by atoms with Crippen molar-refractivity contribution in [1.82, 2.24) is 9.78 Å². The summed E-state index contributed by atoms with van der Waals surface area (Å²) in [4.78, 5) is 0. The average Bonchev–Trinajstić information content (AvgIpc) is 2.74. The quantitative estimate of drug-likeness (QED) is 0.896. The van der Waals surface area contributed by atoms with Gasteiger partial charge in [0.25, 0.3) is 0 Å². The Morgan fingerprint density at radius 1 is 1.44 bits per heavy atom. The van der Waals surface area contributed by atoms with Crippen LogP contribution in [0.25, 0.3) is 0 Å². The molecule has 4 nitrogen and oxygen atoms in total. The maximum atomic E-state index is 6.25. The molecular formula is C14H19N3O. The van der Waals surface area contributed by atoms with Gasteiger partial charge in [0.1, 0.15) is 5.75 Å². The van der Waals surface area contributed by atoms with Crippen molar-refractivity contribution < 1.29 is 4.74 Å². The molecule has 0 radical (unpaired) electrons. The van der Waals surface area contributed by atoms with E-state index in [9.17, 15) is 0 Å². The third-order valence-electron chi connectivity index (χ3n) is 3.00. The molecular weight excluding hydrogens is 226 g/mol. The van der Waals surface area contributed by atoms with Crippen molar-refractivity contribution in [3.8, 4) is 5.75 Å². The summed E-state index contributed by atoms with van der Waals surface area (Å²) in [5.74, 6) is 0.853. The van der Waals surface area contributed by atoms with Crippen LogP contribution in [0.2, 0.25) is 0 Å². The van der Waals surface area contributed by atoms with E-state index < -0.39 is 0 Å². The molecule has 96 valence electrons. The van der Waals surface area contributed by atoms with Crippen molar-refractivity contribution in [3.63, 3.8) is 0 Å². The molecule has 0 fully saturated rings. The SMILES string of the molecule is COc1cc(C)ccc1C(N)Cc1cnn(C)c1. The number of methoxy groups -OCH3 is 1. The minimum absolute atomic E-state index is 0.0789. The zero-order valence-corrected chi connectivity index (χ0v) is 11.1. The third-order valence-corrected chi connectivity index (χ3v) is 3.00. The molecule has 0 bridgehead atoms. The molecule has 0 aliphatic carbocycles. The van der Waals surface area contributed by atoms with Crippen LogP contribution in [0.3, 0.4) is 0 Å². The molecule has 0 amide bonds. The molecule has 1 aromatic heterocycles. The first-order valence-corrected chi connectivity index (χ1v) is 5.98. The van der Waals surface area contributed by atoms with Gasteiger partial charge in [0.2, 0.25) is 0 Å². The summed E-state index contributed by atoms with van der Waals surface area (Å²) in [7, 11) is 3.58. The van der Waals surface area contributed by atoms with Gasteiger partial charge in [0, 0.05) is 24.8 Å². The lowest BCUT2D eigenvalue weighted by Crippen LogP contribution is -2.14. The van der Waals surface area contributed by atoms with Crippen LogP contribution in [0.15, 0.2) is 30.6 Å². The van der Waals surface area contributed by atoms with Crippen molar-refractivity contribution in [2.45, 2.75) is 19.4 Å². The molecule has 2 N–H and O–H groups in total. The van der Waals surface area contributed by atoms with Crippen molar-refractivity contribution in [1.29, 1.82) is 0 Å². The molecule has 18 heavy (non-hydrogen) atoms. The van der Waals surface area contributed by atoms with E-state index in [4.69, 9.17) is 10.5 Å². The van der Waals surface area contributed by atoms with Gasteiger partial charge in [0.15, 0.2) is 0 Å². The van der Waals surface area contributed by atoms with E-state index in [-0.39, 0.29) is 6.04 Å². The second-order valence-corrected chi connectivity index (χ2v) is 4.58. The first-order valence-electron chi connectivity index (χ1n) is 5.98. The first-order chi connectivity index (χ1) is 8.60. The molecule has 4 heteroatoms. The zero-order chi connectivity index (χ0) is 13.1. The number of hydrogen-bond acceptors (Lipinski definition) is 3. The molecule has 1 unspecified atom stereocenters. The largest absolute Gasteiger partial charge is 0.496 e. The summed E-state index contributed by atoms with van der Waals surface area (Å²) in [5.41, 5.74) is 9.58. The molecule has 0 saturated heterocycles. The molecule has 0 saturated carbocycles. The van der Waals surface area contributed by atoms with Crippen molar-refractivity contribution in [3.05, 3.63) is 47.3 Å². The monoisotopic (exact) mass is 245 g/mol. The van der Waals surface area contributed by atoms with Crippen molar-refractivity contribution >= 4 is 0 Å². The number of aryl methyl sites for hydroxylation is 2. The van der Waals surface area contributed by atoms with E-state index in [0.717, 1.165) is 23.3 Å². The van der Waals surface area contributed by atoms with Crippen molar-refractivity contribution in [2.24, 2.45) is 12.8 Å². The highest BCUT2D eigenvalue weighted by Crippen LogP contribution is 2.26. The van der Waals surface area contributed by atoms with Gasteiger partial charge in [-0.05, 0) is 30.5 Å². The predicted molar refractivity (Wildman–Crippen MR) is 71.6 cm³/mol. The minimum Gasteiger partial charge on any atom is -0.496 e. The molecule has 0 aliphatic heterocycles. The number of hydrogen-bond donors (Lipinski definition) is 1. The topological polar surface area (TPSA) is 53.1 Å². The molecule has 0 spiro atoms. The maximum absolute atomic E-state index is 6.25. The summed E-state index contributed by atoms with van der Waals surface area (Å²) < 4.78 is 7.18. The summed E-state index contributed by atoms with van der Waals surface area (Å²) >= 11 is 0. The lowest BCUT2D eigenvalue weighted by Gasteiger charge is -2.15. The zero-order valence-electron chi connectivity index (χ0n) is 11.1. The Kier molecular flexibility index (Phi) is 3.67. The van der Waals surface area contributed by atoms with Gasteiger partial charge in [-0.3, -0.25) is 4.68 Å².